The Morgan fingerprint density at radius 1 is 1.18 bits per heavy atom. The monoisotopic (exact) mass is 571 g/mol. The van der Waals surface area contributed by atoms with Crippen LogP contribution in [0.15, 0.2) is 6.20 Å². The predicted molar refractivity (Wildman–Crippen MR) is 137 cm³/mol. The van der Waals surface area contributed by atoms with Crippen LogP contribution in [-0.4, -0.2) is 84.6 Å². The molecule has 0 aromatic carbocycles. The van der Waals surface area contributed by atoms with E-state index in [1.54, 1.807) is 4.90 Å². The molecule has 2 saturated heterocycles. The number of rotatable bonds is 7. The normalized spacial score (nSPS) is 22.6. The van der Waals surface area contributed by atoms with Crippen LogP contribution in [0.2, 0.25) is 5.15 Å². The first-order chi connectivity index (χ1) is 17.7. The predicted octanol–water partition coefficient (Wildman–Crippen LogP) is 3.54. The molecule has 208 valence electrons. The molecule has 0 radical (unpaired) electrons. The Kier molecular flexibility index (Phi) is 6.84. The SMILES string of the molecule is CC(C)(C)OC(=O)N1[C@@H]2CC[C@H]1CN(c1nc(OCC3(COS(C)(=O)=O)CC3)nc3c(F)c(Cl)ncc13)C2. The number of halogens is 2. The Balaban J connectivity index is 1.41. The number of anilines is 1. The summed E-state index contributed by atoms with van der Waals surface area (Å²) < 4.78 is 54.4. The summed E-state index contributed by atoms with van der Waals surface area (Å²) in [5.41, 5.74) is -1.09. The molecule has 1 saturated carbocycles. The molecule has 2 aliphatic heterocycles. The maximum Gasteiger partial charge on any atom is 0.410 e. The minimum absolute atomic E-state index is 0.00757. The molecule has 0 N–H and O–H groups in total. The van der Waals surface area contributed by atoms with Crippen LogP contribution in [-0.2, 0) is 19.0 Å². The number of nitrogens with zero attached hydrogens (tertiary/aromatic N) is 5. The van der Waals surface area contributed by atoms with Gasteiger partial charge in [0, 0.05) is 24.7 Å². The van der Waals surface area contributed by atoms with Crippen LogP contribution >= 0.6 is 11.6 Å². The fourth-order valence-corrected chi connectivity index (χ4v) is 5.55. The van der Waals surface area contributed by atoms with Crippen molar-refractivity contribution in [2.24, 2.45) is 5.41 Å². The Labute approximate surface area is 225 Å². The van der Waals surface area contributed by atoms with Crippen LogP contribution in [0.5, 0.6) is 6.01 Å². The van der Waals surface area contributed by atoms with Crippen LogP contribution in [0.3, 0.4) is 0 Å². The molecule has 3 aliphatic rings. The van der Waals surface area contributed by atoms with Gasteiger partial charge in [0.15, 0.2) is 11.0 Å². The highest BCUT2D eigenvalue weighted by Crippen LogP contribution is 2.46. The number of carbonyl (C=O) groups excluding carboxylic acids is 1. The van der Waals surface area contributed by atoms with Gasteiger partial charge < -0.3 is 14.4 Å². The lowest BCUT2D eigenvalue weighted by atomic mass is 10.1. The summed E-state index contributed by atoms with van der Waals surface area (Å²) >= 11 is 5.95. The molecule has 0 spiro atoms. The zero-order chi connectivity index (χ0) is 27.5. The number of pyridine rings is 1. The Bertz CT molecular complexity index is 1350. The van der Waals surface area contributed by atoms with Crippen molar-refractivity contribution in [1.82, 2.24) is 19.9 Å². The number of ether oxygens (including phenoxy) is 2. The molecule has 11 nitrogen and oxygen atoms in total. The van der Waals surface area contributed by atoms with E-state index in [0.717, 1.165) is 31.9 Å². The lowest BCUT2D eigenvalue weighted by molar-refractivity contribution is 0.0122. The zero-order valence-electron chi connectivity index (χ0n) is 21.7. The number of aromatic nitrogens is 3. The first-order valence-electron chi connectivity index (χ1n) is 12.5. The van der Waals surface area contributed by atoms with Gasteiger partial charge in [-0.25, -0.2) is 14.2 Å². The minimum atomic E-state index is -3.59. The number of amides is 1. The zero-order valence-corrected chi connectivity index (χ0v) is 23.3. The first kappa shape index (κ1) is 27.1. The fourth-order valence-electron chi connectivity index (χ4n) is 4.95. The van der Waals surface area contributed by atoms with E-state index in [1.165, 1.54) is 6.20 Å². The molecule has 14 heteroatoms. The third-order valence-corrected chi connectivity index (χ3v) is 7.84. The molecule has 4 heterocycles. The molecule has 2 aromatic heterocycles. The second-order valence-corrected chi connectivity index (χ2v) is 13.4. The van der Waals surface area contributed by atoms with Crippen molar-refractivity contribution in [3.63, 3.8) is 0 Å². The molecule has 38 heavy (non-hydrogen) atoms. The van der Waals surface area contributed by atoms with E-state index in [0.29, 0.717) is 24.3 Å². The second kappa shape index (κ2) is 9.60. The van der Waals surface area contributed by atoms with E-state index in [4.69, 9.17) is 25.3 Å². The van der Waals surface area contributed by atoms with Gasteiger partial charge in [-0.2, -0.15) is 18.4 Å². The van der Waals surface area contributed by atoms with Crippen LogP contribution in [0.25, 0.3) is 10.9 Å². The number of fused-ring (bicyclic) bond motifs is 3. The Hall–Kier alpha value is -2.51. The van der Waals surface area contributed by atoms with Crippen molar-refractivity contribution >= 4 is 44.5 Å². The largest absolute Gasteiger partial charge is 0.463 e. The molecule has 1 aliphatic carbocycles. The van der Waals surface area contributed by atoms with E-state index >= 15 is 4.39 Å². The number of hydrogen-bond acceptors (Lipinski definition) is 10. The molecular formula is C24H31ClFN5O6S. The summed E-state index contributed by atoms with van der Waals surface area (Å²) in [6.07, 6.45) is 5.17. The van der Waals surface area contributed by atoms with Gasteiger partial charge >= 0.3 is 12.1 Å². The number of piperazine rings is 1. The first-order valence-corrected chi connectivity index (χ1v) is 14.7. The lowest BCUT2D eigenvalue weighted by Gasteiger charge is -2.42. The van der Waals surface area contributed by atoms with E-state index in [1.807, 2.05) is 25.7 Å². The van der Waals surface area contributed by atoms with Crippen LogP contribution in [0, 0.1) is 11.2 Å². The highest BCUT2D eigenvalue weighted by Gasteiger charge is 2.46. The number of hydrogen-bond donors (Lipinski definition) is 0. The lowest BCUT2D eigenvalue weighted by Crippen LogP contribution is -2.57. The van der Waals surface area contributed by atoms with Gasteiger partial charge in [0.05, 0.1) is 36.9 Å². The van der Waals surface area contributed by atoms with Gasteiger partial charge in [-0.1, -0.05) is 11.6 Å². The molecule has 0 unspecified atom stereocenters. The minimum Gasteiger partial charge on any atom is -0.463 e. The molecule has 2 atom stereocenters. The summed E-state index contributed by atoms with van der Waals surface area (Å²) in [5.74, 6) is -0.347. The average molecular weight is 572 g/mol. The van der Waals surface area contributed by atoms with Gasteiger partial charge in [-0.3, -0.25) is 9.08 Å². The number of carbonyl (C=O) groups is 1. The summed E-state index contributed by atoms with van der Waals surface area (Å²) in [5, 5.41) is 0.0639. The highest BCUT2D eigenvalue weighted by atomic mass is 35.5. The molecule has 2 aromatic rings. The van der Waals surface area contributed by atoms with Gasteiger partial charge in [0.25, 0.3) is 10.1 Å². The molecular weight excluding hydrogens is 541 g/mol. The van der Waals surface area contributed by atoms with Crippen LogP contribution in [0.4, 0.5) is 15.0 Å². The van der Waals surface area contributed by atoms with Gasteiger partial charge in [-0.05, 0) is 46.5 Å². The van der Waals surface area contributed by atoms with Crippen LogP contribution < -0.4 is 9.64 Å². The third-order valence-electron chi connectivity index (χ3n) is 7.03. The summed E-state index contributed by atoms with van der Waals surface area (Å²) in [6.45, 7) is 6.56. The standard InChI is InChI=1S/C24H31ClFN5O6S/c1-23(2,3)37-22(32)31-14-5-6-15(31)11-30(10-14)20-16-9-27-19(25)17(26)18(16)28-21(29-20)35-12-24(7-8-24)13-36-38(4,33)34/h9,14-15H,5-8,10-13H2,1-4H3/t14-,15+. The Morgan fingerprint density at radius 2 is 1.84 bits per heavy atom. The summed E-state index contributed by atoms with van der Waals surface area (Å²) in [4.78, 5) is 29.5. The second-order valence-electron chi connectivity index (χ2n) is 11.4. The fraction of sp³-hybridized carbons (Fsp3) is 0.667. The van der Waals surface area contributed by atoms with Crippen molar-refractivity contribution in [1.29, 1.82) is 0 Å². The molecule has 1 amide bonds. The van der Waals surface area contributed by atoms with E-state index in [9.17, 15) is 13.2 Å². The van der Waals surface area contributed by atoms with Gasteiger partial charge in [0.1, 0.15) is 16.9 Å². The van der Waals surface area contributed by atoms with E-state index < -0.39 is 27.0 Å². The molecule has 5 rings (SSSR count). The van der Waals surface area contributed by atoms with E-state index in [-0.39, 0.29) is 48.1 Å². The summed E-state index contributed by atoms with van der Waals surface area (Å²) in [6, 6.07) is -0.238. The Morgan fingerprint density at radius 3 is 2.42 bits per heavy atom. The van der Waals surface area contributed by atoms with Crippen molar-refractivity contribution in [2.75, 3.05) is 37.5 Å². The van der Waals surface area contributed by atoms with Crippen LogP contribution in [0.1, 0.15) is 46.5 Å². The molecule has 3 fully saturated rings. The molecule has 2 bridgehead atoms. The van der Waals surface area contributed by atoms with Crippen molar-refractivity contribution in [3.05, 3.63) is 17.2 Å². The van der Waals surface area contributed by atoms with Crippen molar-refractivity contribution in [3.8, 4) is 6.01 Å². The average Bonchev–Trinajstić information content (AvgIpc) is 3.55. The maximum atomic E-state index is 15.0. The van der Waals surface area contributed by atoms with Gasteiger partial charge in [0.2, 0.25) is 0 Å². The maximum absolute atomic E-state index is 15.0. The topological polar surface area (TPSA) is 124 Å². The van der Waals surface area contributed by atoms with Crippen molar-refractivity contribution < 1.29 is 31.3 Å². The van der Waals surface area contributed by atoms with E-state index in [2.05, 4.69) is 15.0 Å². The summed E-state index contributed by atoms with van der Waals surface area (Å²) in [7, 11) is -3.59. The third kappa shape index (κ3) is 5.74. The quantitative estimate of drug-likeness (QED) is 0.360. The smallest absolute Gasteiger partial charge is 0.410 e. The van der Waals surface area contributed by atoms with Gasteiger partial charge in [-0.15, -0.1) is 0 Å². The highest BCUT2D eigenvalue weighted by molar-refractivity contribution is 7.85. The van der Waals surface area contributed by atoms with Crippen molar-refractivity contribution in [2.45, 2.75) is 64.1 Å².